The van der Waals surface area contributed by atoms with Crippen molar-refractivity contribution in [1.82, 2.24) is 15.2 Å². The van der Waals surface area contributed by atoms with Crippen LogP contribution in [0.15, 0.2) is 4.79 Å². The Morgan fingerprint density at radius 2 is 2.00 bits per heavy atom. The minimum Gasteiger partial charge on any atom is -0.354 e. The summed E-state index contributed by atoms with van der Waals surface area (Å²) in [4.78, 5) is 14.4. The predicted octanol–water partition coefficient (Wildman–Crippen LogP) is 1.67. The minimum absolute atomic E-state index is 0.165. The van der Waals surface area contributed by atoms with Crippen molar-refractivity contribution in [2.45, 2.75) is 46.0 Å². The van der Waals surface area contributed by atoms with Crippen molar-refractivity contribution in [3.63, 3.8) is 0 Å². The van der Waals surface area contributed by atoms with Gasteiger partial charge >= 0.3 is 0 Å². The van der Waals surface area contributed by atoms with Crippen molar-refractivity contribution < 1.29 is 0 Å². The SMILES string of the molecule is CCCCNc1nnc(C(C)(C)C)c(=O)[nH]1. The van der Waals surface area contributed by atoms with Crippen LogP contribution in [0.5, 0.6) is 0 Å². The topological polar surface area (TPSA) is 70.7 Å². The molecule has 1 heterocycles. The highest BCUT2D eigenvalue weighted by atomic mass is 16.1. The molecule has 5 heteroatoms. The molecule has 16 heavy (non-hydrogen) atoms. The Kier molecular flexibility index (Phi) is 4.04. The fourth-order valence-electron chi connectivity index (χ4n) is 1.29. The summed E-state index contributed by atoms with van der Waals surface area (Å²) in [5.74, 6) is 0.450. The van der Waals surface area contributed by atoms with Gasteiger partial charge in [0.15, 0.2) is 0 Å². The summed E-state index contributed by atoms with van der Waals surface area (Å²) < 4.78 is 0. The maximum Gasteiger partial charge on any atom is 0.274 e. The van der Waals surface area contributed by atoms with Gasteiger partial charge in [-0.1, -0.05) is 34.1 Å². The molecule has 0 aliphatic heterocycles. The van der Waals surface area contributed by atoms with Gasteiger partial charge in [-0.05, 0) is 6.42 Å². The van der Waals surface area contributed by atoms with Crippen LogP contribution in [-0.2, 0) is 5.41 Å². The number of hydrogen-bond donors (Lipinski definition) is 2. The molecule has 0 aliphatic rings. The molecule has 1 aromatic heterocycles. The second-order valence-corrected chi connectivity index (χ2v) is 4.88. The highest BCUT2D eigenvalue weighted by molar-refractivity contribution is 5.22. The molecule has 0 atom stereocenters. The summed E-state index contributed by atoms with van der Waals surface area (Å²) in [6, 6.07) is 0. The molecule has 90 valence electrons. The van der Waals surface area contributed by atoms with Gasteiger partial charge in [0, 0.05) is 12.0 Å². The summed E-state index contributed by atoms with van der Waals surface area (Å²) in [5, 5.41) is 11.0. The monoisotopic (exact) mass is 224 g/mol. The Hall–Kier alpha value is -1.39. The van der Waals surface area contributed by atoms with Crippen LogP contribution < -0.4 is 10.9 Å². The van der Waals surface area contributed by atoms with E-state index in [4.69, 9.17) is 0 Å². The molecule has 5 nitrogen and oxygen atoms in total. The Labute approximate surface area is 95.7 Å². The zero-order valence-corrected chi connectivity index (χ0v) is 10.4. The molecule has 0 bridgehead atoms. The smallest absolute Gasteiger partial charge is 0.274 e. The van der Waals surface area contributed by atoms with Crippen LogP contribution in [0.3, 0.4) is 0 Å². The van der Waals surface area contributed by atoms with Gasteiger partial charge in [0.2, 0.25) is 5.95 Å². The van der Waals surface area contributed by atoms with E-state index in [9.17, 15) is 4.79 Å². The fraction of sp³-hybridized carbons (Fsp3) is 0.727. The number of anilines is 1. The van der Waals surface area contributed by atoms with E-state index in [-0.39, 0.29) is 11.0 Å². The van der Waals surface area contributed by atoms with E-state index >= 15 is 0 Å². The molecule has 0 aromatic carbocycles. The largest absolute Gasteiger partial charge is 0.354 e. The number of hydrogen-bond acceptors (Lipinski definition) is 4. The summed E-state index contributed by atoms with van der Waals surface area (Å²) in [6.45, 7) is 8.73. The van der Waals surface area contributed by atoms with E-state index in [2.05, 4.69) is 27.4 Å². The van der Waals surface area contributed by atoms with Gasteiger partial charge in [0.1, 0.15) is 5.69 Å². The van der Waals surface area contributed by atoms with E-state index in [1.165, 1.54) is 0 Å². The quantitative estimate of drug-likeness (QED) is 0.763. The second-order valence-electron chi connectivity index (χ2n) is 4.88. The first kappa shape index (κ1) is 12.7. The number of aromatic nitrogens is 3. The van der Waals surface area contributed by atoms with Crippen LogP contribution in [0.25, 0.3) is 0 Å². The summed E-state index contributed by atoms with van der Waals surface area (Å²) in [6.07, 6.45) is 2.15. The van der Waals surface area contributed by atoms with E-state index in [0.29, 0.717) is 11.6 Å². The first-order chi connectivity index (χ1) is 7.45. The van der Waals surface area contributed by atoms with Crippen molar-refractivity contribution in [3.8, 4) is 0 Å². The number of rotatable bonds is 4. The maximum atomic E-state index is 11.7. The molecule has 0 saturated carbocycles. The van der Waals surface area contributed by atoms with Crippen LogP contribution in [-0.4, -0.2) is 21.7 Å². The number of unbranched alkanes of at least 4 members (excludes halogenated alkanes) is 1. The normalized spacial score (nSPS) is 11.5. The molecule has 1 aromatic rings. The lowest BCUT2D eigenvalue weighted by molar-refractivity contribution is 0.546. The Morgan fingerprint density at radius 1 is 1.31 bits per heavy atom. The molecule has 2 N–H and O–H groups in total. The highest BCUT2D eigenvalue weighted by Crippen LogP contribution is 2.15. The summed E-state index contributed by atoms with van der Waals surface area (Å²) in [5.41, 5.74) is 0.0257. The van der Waals surface area contributed by atoms with Crippen LogP contribution >= 0.6 is 0 Å². The van der Waals surface area contributed by atoms with E-state index in [1.54, 1.807) is 0 Å². The van der Waals surface area contributed by atoms with Gasteiger partial charge < -0.3 is 5.32 Å². The number of H-pyrrole nitrogens is 1. The van der Waals surface area contributed by atoms with Gasteiger partial charge in [0.25, 0.3) is 5.56 Å². The molecule has 0 aliphatic carbocycles. The van der Waals surface area contributed by atoms with Gasteiger partial charge in [-0.2, -0.15) is 0 Å². The molecule has 0 radical (unpaired) electrons. The molecule has 1 rings (SSSR count). The lowest BCUT2D eigenvalue weighted by atomic mass is 9.93. The molecular formula is C11H20N4O. The van der Waals surface area contributed by atoms with Crippen LogP contribution in [0.4, 0.5) is 5.95 Å². The lowest BCUT2D eigenvalue weighted by Crippen LogP contribution is -2.28. The third-order valence-corrected chi connectivity index (χ3v) is 2.23. The Bertz CT molecular complexity index is 392. The lowest BCUT2D eigenvalue weighted by Gasteiger charge is -2.15. The standard InChI is InChI=1S/C11H20N4O/c1-5-6-7-12-10-13-9(16)8(14-15-10)11(2,3)4/h5-7H2,1-4H3,(H2,12,13,15,16). The van der Waals surface area contributed by atoms with E-state index in [1.807, 2.05) is 20.8 Å². The average Bonchev–Trinajstić information content (AvgIpc) is 2.16. The van der Waals surface area contributed by atoms with Crippen molar-refractivity contribution in [1.29, 1.82) is 0 Å². The average molecular weight is 224 g/mol. The van der Waals surface area contributed by atoms with Crippen LogP contribution in [0, 0.1) is 0 Å². The van der Waals surface area contributed by atoms with Crippen molar-refractivity contribution in [3.05, 3.63) is 16.0 Å². The molecule has 0 unspecified atom stereocenters. The van der Waals surface area contributed by atoms with Crippen LogP contribution in [0.2, 0.25) is 0 Å². The molecular weight excluding hydrogens is 204 g/mol. The molecule has 0 spiro atoms. The second kappa shape index (κ2) is 5.09. The van der Waals surface area contributed by atoms with Crippen molar-refractivity contribution in [2.75, 3.05) is 11.9 Å². The van der Waals surface area contributed by atoms with E-state index in [0.717, 1.165) is 19.4 Å². The third-order valence-electron chi connectivity index (χ3n) is 2.23. The minimum atomic E-state index is -0.275. The first-order valence-electron chi connectivity index (χ1n) is 5.66. The van der Waals surface area contributed by atoms with Crippen molar-refractivity contribution in [2.24, 2.45) is 0 Å². The van der Waals surface area contributed by atoms with Gasteiger partial charge in [-0.3, -0.25) is 9.78 Å². The van der Waals surface area contributed by atoms with E-state index < -0.39 is 0 Å². The zero-order valence-electron chi connectivity index (χ0n) is 10.4. The third kappa shape index (κ3) is 3.32. The summed E-state index contributed by atoms with van der Waals surface area (Å²) >= 11 is 0. The Morgan fingerprint density at radius 3 is 2.50 bits per heavy atom. The van der Waals surface area contributed by atoms with Gasteiger partial charge in [0.05, 0.1) is 0 Å². The fourth-order valence-corrected chi connectivity index (χ4v) is 1.29. The molecule has 0 amide bonds. The first-order valence-corrected chi connectivity index (χ1v) is 5.66. The van der Waals surface area contributed by atoms with Gasteiger partial charge in [-0.25, -0.2) is 0 Å². The van der Waals surface area contributed by atoms with Gasteiger partial charge in [-0.15, -0.1) is 10.2 Å². The Balaban J connectivity index is 2.80. The highest BCUT2D eigenvalue weighted by Gasteiger charge is 2.20. The van der Waals surface area contributed by atoms with Crippen molar-refractivity contribution >= 4 is 5.95 Å². The number of aromatic amines is 1. The predicted molar refractivity (Wildman–Crippen MR) is 64.8 cm³/mol. The molecule has 0 saturated heterocycles. The summed E-state index contributed by atoms with van der Waals surface area (Å²) in [7, 11) is 0. The molecule has 0 fully saturated rings. The number of nitrogens with zero attached hydrogens (tertiary/aromatic N) is 2. The number of nitrogens with one attached hydrogen (secondary N) is 2. The van der Waals surface area contributed by atoms with Crippen LogP contribution in [0.1, 0.15) is 46.2 Å². The zero-order chi connectivity index (χ0) is 12.2. The maximum absolute atomic E-state index is 11.7.